The van der Waals surface area contributed by atoms with Crippen LogP contribution in [0.25, 0.3) is 0 Å². The molecule has 0 aliphatic carbocycles. The third-order valence-electron chi connectivity index (χ3n) is 10.5. The maximum absolute atomic E-state index is 14.2. The number of aromatic nitrogens is 1. The van der Waals surface area contributed by atoms with E-state index in [0.717, 1.165) is 0 Å². The van der Waals surface area contributed by atoms with Gasteiger partial charge >= 0.3 is 49.4 Å². The number of hydrogen-bond donors (Lipinski definition) is 0. The highest BCUT2D eigenvalue weighted by molar-refractivity contribution is 7.20. The zero-order chi connectivity index (χ0) is 53.7. The largest absolute Gasteiger partial charge is 0.416 e. The van der Waals surface area contributed by atoms with Gasteiger partial charge in [-0.05, 0) is 36.4 Å². The van der Waals surface area contributed by atoms with Crippen LogP contribution < -0.4 is 26.4 Å². The van der Waals surface area contributed by atoms with Gasteiger partial charge in [-0.3, -0.25) is 0 Å². The van der Waals surface area contributed by atoms with Crippen molar-refractivity contribution in [2.24, 2.45) is 0 Å². The van der Waals surface area contributed by atoms with Crippen molar-refractivity contribution in [3.05, 3.63) is 184 Å². The quantitative estimate of drug-likeness (QED) is 0.0889. The Balaban J connectivity index is 0.000000569. The average molecular weight is 1050 g/mol. The second kappa shape index (κ2) is 19.0. The van der Waals surface area contributed by atoms with E-state index in [9.17, 15) is 110 Å². The van der Waals surface area contributed by atoms with Gasteiger partial charge in [0.05, 0.1) is 50.1 Å². The monoisotopic (exact) mass is 1050 g/mol. The molecule has 0 radical (unpaired) electrons. The Kier molecular flexibility index (Phi) is 14.8. The van der Waals surface area contributed by atoms with Gasteiger partial charge in [-0.2, -0.15) is 127 Å². The van der Waals surface area contributed by atoms with E-state index < -0.39 is 195 Å². The predicted molar refractivity (Wildman–Crippen MR) is 202 cm³/mol. The molecule has 5 aromatic carbocycles. The highest BCUT2D eigenvalue weighted by Gasteiger charge is 2.47. The van der Waals surface area contributed by atoms with Gasteiger partial charge in [-0.25, -0.2) is 8.96 Å². The predicted octanol–water partition coefficient (Wildman–Crippen LogP) is 13.4. The van der Waals surface area contributed by atoms with Crippen LogP contribution in [0.5, 0.6) is 0 Å². The zero-order valence-corrected chi connectivity index (χ0v) is 34.3. The Morgan fingerprint density at radius 2 is 0.521 bits per heavy atom. The fraction of sp³-hybridized carbons (Fsp3) is 0.205. The van der Waals surface area contributed by atoms with Crippen LogP contribution in [0.3, 0.4) is 0 Å². The first kappa shape index (κ1) is 55.5. The van der Waals surface area contributed by atoms with Crippen LogP contribution >= 0.6 is 0 Å². The smallest absolute Gasteiger partial charge is 0.206 e. The van der Waals surface area contributed by atoms with Crippen molar-refractivity contribution in [3.8, 4) is 0 Å². The number of nitrogens with zero attached hydrogens (tertiary/aromatic N) is 1. The highest BCUT2D eigenvalue weighted by atomic mass is 19.4. The van der Waals surface area contributed by atoms with E-state index in [1.807, 2.05) is 41.2 Å². The fourth-order valence-electron chi connectivity index (χ4n) is 7.43. The number of benzene rings is 5. The zero-order valence-electron chi connectivity index (χ0n) is 34.3. The Hall–Kier alpha value is -6.44. The molecule has 1 nitrogen and oxygen atoms in total. The Morgan fingerprint density at radius 3 is 0.732 bits per heavy atom. The fourth-order valence-corrected chi connectivity index (χ4v) is 7.43. The number of alkyl halides is 24. The van der Waals surface area contributed by atoms with E-state index in [1.165, 1.54) is 6.07 Å². The molecule has 0 fully saturated rings. The first-order valence-electron chi connectivity index (χ1n) is 19.2. The van der Waals surface area contributed by atoms with Crippen molar-refractivity contribution in [1.82, 2.24) is 0 Å². The van der Waals surface area contributed by atoms with Gasteiger partial charge in [-0.1, -0.05) is 66.7 Å². The van der Waals surface area contributed by atoms with E-state index >= 15 is 0 Å². The molecule has 6 rings (SSSR count). The maximum atomic E-state index is 14.2. The maximum Gasteiger partial charge on any atom is 0.416 e. The lowest BCUT2D eigenvalue weighted by atomic mass is 9.12. The SMILES string of the molecule is FC(F)(F)c1cc([B-](c2cc(C(F)(F)F)cc(C(F)(F)F)c2)(c2cc(C(F)(F)F)cc(C(F)(F)F)c2)c2cc(C(F)(F)F)cc(C(F)(F)F)c2)cc(C(F)(F)F)c1.Fc1ccccc1C[n+]1ccccc1. The van der Waals surface area contributed by atoms with Gasteiger partial charge in [0.15, 0.2) is 18.9 Å². The van der Waals surface area contributed by atoms with Crippen molar-refractivity contribution in [2.45, 2.75) is 56.0 Å². The van der Waals surface area contributed by atoms with Crippen LogP contribution in [0.2, 0.25) is 0 Å². The van der Waals surface area contributed by atoms with Crippen LogP contribution in [0, 0.1) is 5.82 Å². The molecule has 27 heteroatoms. The molecule has 0 unspecified atom stereocenters. The van der Waals surface area contributed by atoms with Gasteiger partial charge in [-0.15, -0.1) is 0 Å². The van der Waals surface area contributed by atoms with Crippen LogP contribution in [0.1, 0.15) is 50.1 Å². The molecule has 0 saturated carbocycles. The van der Waals surface area contributed by atoms with E-state index in [2.05, 4.69) is 0 Å². The lowest BCUT2D eigenvalue weighted by molar-refractivity contribution is -0.688. The molecule has 0 amide bonds. The lowest BCUT2D eigenvalue weighted by Crippen LogP contribution is -2.75. The molecule has 0 N–H and O–H groups in total. The van der Waals surface area contributed by atoms with Crippen molar-refractivity contribution in [1.29, 1.82) is 0 Å². The van der Waals surface area contributed by atoms with Crippen LogP contribution in [-0.2, 0) is 56.0 Å². The van der Waals surface area contributed by atoms with Crippen molar-refractivity contribution in [3.63, 3.8) is 0 Å². The van der Waals surface area contributed by atoms with Crippen LogP contribution in [-0.4, -0.2) is 6.15 Å². The van der Waals surface area contributed by atoms with Crippen LogP contribution in [0.15, 0.2) is 128 Å². The molecule has 0 saturated heterocycles. The minimum atomic E-state index is -6.13. The lowest BCUT2D eigenvalue weighted by Gasteiger charge is -2.46. The van der Waals surface area contributed by atoms with E-state index in [1.54, 1.807) is 12.1 Å². The summed E-state index contributed by atoms with van der Waals surface area (Å²) in [6.45, 7) is 0.577. The summed E-state index contributed by atoms with van der Waals surface area (Å²) in [7, 11) is 0. The Morgan fingerprint density at radius 1 is 0.296 bits per heavy atom. The topological polar surface area (TPSA) is 3.88 Å². The molecule has 0 atom stereocenters. The van der Waals surface area contributed by atoms with Gasteiger partial charge in [0.1, 0.15) is 12.0 Å². The van der Waals surface area contributed by atoms with Crippen molar-refractivity contribution >= 4 is 28.0 Å². The van der Waals surface area contributed by atoms with E-state index in [4.69, 9.17) is 0 Å². The average Bonchev–Trinajstić information content (AvgIpc) is 3.22. The first-order chi connectivity index (χ1) is 32.1. The van der Waals surface area contributed by atoms with Gasteiger partial charge in [0.25, 0.3) is 0 Å². The normalized spacial score (nSPS) is 13.5. The van der Waals surface area contributed by atoms with Gasteiger partial charge in [0.2, 0.25) is 0 Å². The van der Waals surface area contributed by atoms with E-state index in [0.29, 0.717) is 12.1 Å². The van der Waals surface area contributed by atoms with Crippen molar-refractivity contribution in [2.75, 3.05) is 0 Å². The number of halogens is 25. The third-order valence-corrected chi connectivity index (χ3v) is 10.5. The number of rotatable bonds is 6. The van der Waals surface area contributed by atoms with E-state index in [-0.39, 0.29) is 5.82 Å². The summed E-state index contributed by atoms with van der Waals surface area (Å²) in [4.78, 5) is 0. The Bertz CT molecular complexity index is 2410. The molecule has 71 heavy (non-hydrogen) atoms. The molecule has 382 valence electrons. The van der Waals surface area contributed by atoms with Gasteiger partial charge < -0.3 is 0 Å². The summed E-state index contributed by atoms with van der Waals surface area (Å²) >= 11 is 0. The number of hydrogen-bond acceptors (Lipinski definition) is 0. The first-order valence-corrected chi connectivity index (χ1v) is 19.2. The minimum absolute atomic E-state index is 0.149. The summed E-state index contributed by atoms with van der Waals surface area (Å²) in [5.41, 5.74) is -29.5. The molecule has 0 bridgehead atoms. The summed E-state index contributed by atoms with van der Waals surface area (Å²) in [6, 6.07) is 3.83. The summed E-state index contributed by atoms with van der Waals surface area (Å²) in [6.07, 6.45) is -51.0. The second-order valence-electron chi connectivity index (χ2n) is 15.4. The summed E-state index contributed by atoms with van der Waals surface area (Å²) in [5, 5.41) is 0. The molecule has 0 spiro atoms. The molecule has 1 heterocycles. The molecule has 0 aliphatic rings. The van der Waals surface area contributed by atoms with Crippen molar-refractivity contribution < 1.29 is 114 Å². The highest BCUT2D eigenvalue weighted by Crippen LogP contribution is 2.41. The molecular weight excluding hydrogens is 1030 g/mol. The molecule has 1 aromatic heterocycles. The second-order valence-corrected chi connectivity index (χ2v) is 15.4. The van der Waals surface area contributed by atoms with Crippen LogP contribution in [0.4, 0.5) is 110 Å². The van der Waals surface area contributed by atoms with Gasteiger partial charge in [0, 0.05) is 12.1 Å². The molecule has 0 aliphatic heterocycles. The number of pyridine rings is 1. The summed E-state index contributed by atoms with van der Waals surface area (Å²) in [5.74, 6) is -0.149. The Labute approximate surface area is 381 Å². The minimum Gasteiger partial charge on any atom is -0.206 e. The third kappa shape index (κ3) is 12.9. The summed E-state index contributed by atoms with van der Waals surface area (Å²) < 4.78 is 356. The molecule has 6 aromatic rings. The standard InChI is InChI=1S/C32H12BF24.C12H11FN/c34-25(35,36)13-1-14(26(37,38)39)6-21(5-13)33(22-7-15(27(40,41)42)2-16(8-22)28(43,44)45,23-9-17(29(46,47)48)3-18(10-23)30(49,50)51)24-11-19(31(52,53)54)4-20(12-24)32(55,56)57;13-12-7-3-2-6-11(12)10-14-8-4-1-5-9-14/h1-12H;1-9H,10H2/q-1;+1. The molecular formula is C44H23BF25N.